The van der Waals surface area contributed by atoms with Gasteiger partial charge in [0.15, 0.2) is 5.37 Å². The number of ether oxygens (including phenoxy) is 1. The van der Waals surface area contributed by atoms with E-state index < -0.39 is 11.3 Å². The second-order valence-electron chi connectivity index (χ2n) is 3.91. The molecule has 1 heterocycles. The molecule has 7 heteroatoms. The maximum absolute atomic E-state index is 12.4. The summed E-state index contributed by atoms with van der Waals surface area (Å²) in [5, 5.41) is -0.133. The summed E-state index contributed by atoms with van der Waals surface area (Å²) < 4.78 is 4.71. The Bertz CT molecular complexity index is 524. The largest absolute Gasteiger partial charge is 0.467 e. The monoisotopic (exact) mass is 317 g/mol. The molecule has 1 aromatic carbocycles. The Morgan fingerprint density at radius 1 is 1.53 bits per heavy atom. The van der Waals surface area contributed by atoms with E-state index in [1.165, 1.54) is 23.8 Å². The van der Waals surface area contributed by atoms with Gasteiger partial charge in [-0.05, 0) is 18.2 Å². The van der Waals surface area contributed by atoms with Gasteiger partial charge in [-0.3, -0.25) is 4.79 Å². The van der Waals surface area contributed by atoms with Gasteiger partial charge < -0.3 is 9.64 Å². The zero-order valence-corrected chi connectivity index (χ0v) is 12.6. The van der Waals surface area contributed by atoms with E-state index in [0.29, 0.717) is 27.8 Å². The molecule has 0 N–H and O–H groups in total. The third-order valence-corrected chi connectivity index (χ3v) is 4.55. The summed E-state index contributed by atoms with van der Waals surface area (Å²) in [6.45, 7) is 0.503. The topological polar surface area (TPSA) is 46.6 Å². The number of amides is 1. The van der Waals surface area contributed by atoms with E-state index in [1.54, 1.807) is 18.2 Å². The fourth-order valence-corrected chi connectivity index (χ4v) is 3.35. The highest BCUT2D eigenvalue weighted by molar-refractivity contribution is 8.00. The van der Waals surface area contributed by atoms with Gasteiger partial charge in [0.2, 0.25) is 0 Å². The highest BCUT2D eigenvalue weighted by Gasteiger charge is 2.36. The Morgan fingerprint density at radius 2 is 2.26 bits per heavy atom. The summed E-state index contributed by atoms with van der Waals surface area (Å²) in [4.78, 5) is 26.1. The van der Waals surface area contributed by atoms with Crippen LogP contribution in [0.3, 0.4) is 0 Å². The van der Waals surface area contributed by atoms with Crippen LogP contribution in [0, 0.1) is 0 Å². The van der Waals surface area contributed by atoms with Crippen molar-refractivity contribution in [1.29, 1.82) is 0 Å². The SMILES string of the molecule is COC(=O)C1SCCN1C(=O)c1cc(Cl)ccc1S. The maximum Gasteiger partial charge on any atom is 0.339 e. The van der Waals surface area contributed by atoms with Gasteiger partial charge in [0, 0.05) is 22.2 Å². The summed E-state index contributed by atoms with van der Waals surface area (Å²) in [6.07, 6.45) is 0. The minimum atomic E-state index is -0.593. The molecule has 19 heavy (non-hydrogen) atoms. The summed E-state index contributed by atoms with van der Waals surface area (Å²) in [5.41, 5.74) is 0.396. The third kappa shape index (κ3) is 3.01. The van der Waals surface area contributed by atoms with Gasteiger partial charge in [0.25, 0.3) is 5.91 Å². The van der Waals surface area contributed by atoms with Gasteiger partial charge in [0.1, 0.15) is 0 Å². The lowest BCUT2D eigenvalue weighted by Gasteiger charge is -2.22. The fourth-order valence-electron chi connectivity index (χ4n) is 1.81. The Morgan fingerprint density at radius 3 is 2.95 bits per heavy atom. The molecule has 4 nitrogen and oxygen atoms in total. The van der Waals surface area contributed by atoms with Crippen LogP contribution in [0.4, 0.5) is 0 Å². The lowest BCUT2D eigenvalue weighted by Crippen LogP contribution is -2.40. The van der Waals surface area contributed by atoms with E-state index >= 15 is 0 Å². The summed E-state index contributed by atoms with van der Waals surface area (Å²) in [5.74, 6) is 0.0278. The molecule has 0 saturated carbocycles. The van der Waals surface area contributed by atoms with Crippen molar-refractivity contribution >= 4 is 47.9 Å². The molecule has 1 unspecified atom stereocenters. The van der Waals surface area contributed by atoms with Crippen LogP contribution in [-0.2, 0) is 9.53 Å². The second-order valence-corrected chi connectivity index (χ2v) is 6.01. The number of methoxy groups -OCH3 is 1. The number of thiol groups is 1. The van der Waals surface area contributed by atoms with Crippen LogP contribution in [0.2, 0.25) is 5.02 Å². The van der Waals surface area contributed by atoms with E-state index in [-0.39, 0.29) is 5.91 Å². The molecule has 1 atom stereocenters. The minimum Gasteiger partial charge on any atom is -0.467 e. The molecule has 0 bridgehead atoms. The van der Waals surface area contributed by atoms with Crippen molar-refractivity contribution in [3.05, 3.63) is 28.8 Å². The number of benzene rings is 1. The Balaban J connectivity index is 2.28. The molecule has 1 aliphatic heterocycles. The highest BCUT2D eigenvalue weighted by Crippen LogP contribution is 2.29. The van der Waals surface area contributed by atoms with Crippen molar-refractivity contribution in [3.8, 4) is 0 Å². The van der Waals surface area contributed by atoms with Gasteiger partial charge in [-0.15, -0.1) is 24.4 Å². The highest BCUT2D eigenvalue weighted by atomic mass is 35.5. The first kappa shape index (κ1) is 14.6. The van der Waals surface area contributed by atoms with E-state index in [4.69, 9.17) is 16.3 Å². The second kappa shape index (κ2) is 6.07. The van der Waals surface area contributed by atoms with Crippen LogP contribution in [0.15, 0.2) is 23.1 Å². The van der Waals surface area contributed by atoms with Crippen molar-refractivity contribution in [2.75, 3.05) is 19.4 Å². The van der Waals surface area contributed by atoms with Gasteiger partial charge >= 0.3 is 5.97 Å². The first-order valence-electron chi connectivity index (χ1n) is 5.53. The molecule has 0 aliphatic carbocycles. The third-order valence-electron chi connectivity index (χ3n) is 2.74. The molecule has 102 valence electrons. The molecule has 1 saturated heterocycles. The summed E-state index contributed by atoms with van der Waals surface area (Å²) >= 11 is 11.5. The zero-order chi connectivity index (χ0) is 14.0. The maximum atomic E-state index is 12.4. The van der Waals surface area contributed by atoms with Crippen LogP contribution in [-0.4, -0.2) is 41.6 Å². The lowest BCUT2D eigenvalue weighted by molar-refractivity contribution is -0.142. The quantitative estimate of drug-likeness (QED) is 0.672. The van der Waals surface area contributed by atoms with Gasteiger partial charge in [0.05, 0.1) is 12.7 Å². The molecule has 1 fully saturated rings. The average molecular weight is 318 g/mol. The molecular formula is C12H12ClNO3S2. The Kier molecular flexibility index (Phi) is 4.65. The molecule has 0 spiro atoms. The van der Waals surface area contributed by atoms with Crippen molar-refractivity contribution in [1.82, 2.24) is 4.90 Å². The predicted octanol–water partition coefficient (Wildman–Crippen LogP) is 2.32. The lowest BCUT2D eigenvalue weighted by atomic mass is 10.2. The molecule has 1 aromatic rings. The van der Waals surface area contributed by atoms with E-state index in [2.05, 4.69) is 12.6 Å². The number of rotatable bonds is 2. The number of hydrogen-bond acceptors (Lipinski definition) is 5. The molecule has 1 amide bonds. The van der Waals surface area contributed by atoms with Crippen LogP contribution >= 0.6 is 36.0 Å². The smallest absolute Gasteiger partial charge is 0.339 e. The number of hydrogen-bond donors (Lipinski definition) is 1. The van der Waals surface area contributed by atoms with Crippen LogP contribution in [0.1, 0.15) is 10.4 Å². The van der Waals surface area contributed by atoms with E-state index in [1.807, 2.05) is 0 Å². The number of carbonyl (C=O) groups is 2. The summed E-state index contributed by atoms with van der Waals surface area (Å²) in [6, 6.07) is 4.88. The Labute approximate surface area is 125 Å². The van der Waals surface area contributed by atoms with E-state index in [9.17, 15) is 9.59 Å². The van der Waals surface area contributed by atoms with Crippen molar-refractivity contribution < 1.29 is 14.3 Å². The first-order valence-corrected chi connectivity index (χ1v) is 7.41. The zero-order valence-electron chi connectivity index (χ0n) is 10.1. The molecule has 2 rings (SSSR count). The predicted molar refractivity (Wildman–Crippen MR) is 78.0 cm³/mol. The van der Waals surface area contributed by atoms with Gasteiger partial charge in [-0.2, -0.15) is 0 Å². The Hall–Kier alpha value is -0.850. The average Bonchev–Trinajstić information content (AvgIpc) is 2.89. The number of carbonyl (C=O) groups excluding carboxylic acids is 2. The minimum absolute atomic E-state index is 0.257. The van der Waals surface area contributed by atoms with E-state index in [0.717, 1.165) is 0 Å². The number of esters is 1. The standard InChI is InChI=1S/C12H12ClNO3S2/c1-17-12(16)11-14(4-5-19-11)10(15)8-6-7(13)2-3-9(8)18/h2-3,6,11,18H,4-5H2,1H3. The van der Waals surface area contributed by atoms with Crippen LogP contribution in [0.25, 0.3) is 0 Å². The van der Waals surface area contributed by atoms with Gasteiger partial charge in [-0.1, -0.05) is 11.6 Å². The van der Waals surface area contributed by atoms with Crippen molar-refractivity contribution in [2.24, 2.45) is 0 Å². The molecule has 0 aromatic heterocycles. The number of halogens is 1. The molecule has 1 aliphatic rings. The van der Waals surface area contributed by atoms with Crippen LogP contribution in [0.5, 0.6) is 0 Å². The normalized spacial score (nSPS) is 18.5. The fraction of sp³-hybridized carbons (Fsp3) is 0.333. The van der Waals surface area contributed by atoms with Crippen LogP contribution < -0.4 is 0 Å². The van der Waals surface area contributed by atoms with Gasteiger partial charge in [-0.25, -0.2) is 4.79 Å². The summed E-state index contributed by atoms with van der Waals surface area (Å²) in [7, 11) is 1.31. The van der Waals surface area contributed by atoms with Crippen molar-refractivity contribution in [2.45, 2.75) is 10.3 Å². The molecular weight excluding hydrogens is 306 g/mol. The number of thioether (sulfide) groups is 1. The number of nitrogens with zero attached hydrogens (tertiary/aromatic N) is 1. The first-order chi connectivity index (χ1) is 9.04. The molecule has 0 radical (unpaired) electrons. The van der Waals surface area contributed by atoms with Crippen molar-refractivity contribution in [3.63, 3.8) is 0 Å².